The maximum atomic E-state index is 12.7. The van der Waals surface area contributed by atoms with Crippen LogP contribution in [-0.2, 0) is 4.74 Å². The van der Waals surface area contributed by atoms with Gasteiger partial charge < -0.3 is 15.2 Å². The molecule has 1 aromatic carbocycles. The van der Waals surface area contributed by atoms with Crippen molar-refractivity contribution in [2.24, 2.45) is 0 Å². The van der Waals surface area contributed by atoms with E-state index in [1.807, 2.05) is 0 Å². The number of fused-ring (bicyclic) bond motifs is 1. The molecule has 1 fully saturated rings. The number of rotatable bonds is 7. The normalized spacial score (nSPS) is 17.5. The number of ether oxygens (including phenoxy) is 1. The lowest BCUT2D eigenvalue weighted by atomic mass is 9.94. The minimum atomic E-state index is -0.322. The first kappa shape index (κ1) is 18.5. The van der Waals surface area contributed by atoms with Gasteiger partial charge in [-0.1, -0.05) is 19.3 Å². The van der Waals surface area contributed by atoms with Crippen LogP contribution in [0, 0.1) is 0 Å². The number of nitrogens with zero attached hydrogens (tertiary/aromatic N) is 1. The van der Waals surface area contributed by atoms with Gasteiger partial charge in [-0.2, -0.15) is 0 Å². The van der Waals surface area contributed by atoms with Crippen LogP contribution in [0.25, 0.3) is 0 Å². The van der Waals surface area contributed by atoms with Gasteiger partial charge >= 0.3 is 0 Å². The van der Waals surface area contributed by atoms with Crippen molar-refractivity contribution in [3.63, 3.8) is 0 Å². The second-order valence-corrected chi connectivity index (χ2v) is 6.62. The summed E-state index contributed by atoms with van der Waals surface area (Å²) in [6, 6.07) is 4.60. The van der Waals surface area contributed by atoms with Crippen molar-refractivity contribution in [3.8, 4) is 0 Å². The number of nitrogens with one attached hydrogen (secondary N) is 1. The highest BCUT2D eigenvalue weighted by Crippen LogP contribution is 2.31. The van der Waals surface area contributed by atoms with Gasteiger partial charge in [0.25, 0.3) is 17.7 Å². The summed E-state index contributed by atoms with van der Waals surface area (Å²) in [6.07, 6.45) is 4.92. The monoisotopic (exact) mass is 360 g/mol. The average Bonchev–Trinajstić information content (AvgIpc) is 2.92. The molecule has 2 N–H and O–H groups in total. The third-order valence-electron chi connectivity index (χ3n) is 4.89. The summed E-state index contributed by atoms with van der Waals surface area (Å²) >= 11 is 0. The molecule has 1 aliphatic heterocycles. The molecule has 3 rings (SSSR count). The van der Waals surface area contributed by atoms with Crippen LogP contribution in [0.2, 0.25) is 0 Å². The van der Waals surface area contributed by atoms with Crippen molar-refractivity contribution in [2.75, 3.05) is 26.4 Å². The van der Waals surface area contributed by atoms with E-state index in [4.69, 9.17) is 9.84 Å². The second-order valence-electron chi connectivity index (χ2n) is 6.62. The minimum Gasteiger partial charge on any atom is -0.394 e. The van der Waals surface area contributed by atoms with E-state index in [2.05, 4.69) is 5.32 Å². The highest BCUT2D eigenvalue weighted by molar-refractivity contribution is 6.22. The molecule has 0 radical (unpaired) electrons. The van der Waals surface area contributed by atoms with E-state index in [0.29, 0.717) is 29.8 Å². The first-order chi connectivity index (χ1) is 12.6. The zero-order chi connectivity index (χ0) is 18.5. The zero-order valence-electron chi connectivity index (χ0n) is 14.7. The molecule has 0 aromatic heterocycles. The van der Waals surface area contributed by atoms with Crippen LogP contribution in [-0.4, -0.2) is 60.1 Å². The third kappa shape index (κ3) is 3.78. The fourth-order valence-corrected chi connectivity index (χ4v) is 3.58. The highest BCUT2D eigenvalue weighted by atomic mass is 16.5. The van der Waals surface area contributed by atoms with E-state index >= 15 is 0 Å². The molecule has 3 amide bonds. The van der Waals surface area contributed by atoms with Crippen LogP contribution in [0.1, 0.15) is 63.2 Å². The minimum absolute atomic E-state index is 0.0305. The smallest absolute Gasteiger partial charge is 0.261 e. The van der Waals surface area contributed by atoms with Gasteiger partial charge in [0.15, 0.2) is 0 Å². The van der Waals surface area contributed by atoms with Gasteiger partial charge in [-0.05, 0) is 31.0 Å². The lowest BCUT2D eigenvalue weighted by molar-refractivity contribution is 0.0548. The molecular formula is C19H24N2O5. The van der Waals surface area contributed by atoms with E-state index in [0.717, 1.165) is 32.1 Å². The summed E-state index contributed by atoms with van der Waals surface area (Å²) in [5, 5.41) is 11.3. The van der Waals surface area contributed by atoms with Crippen molar-refractivity contribution in [1.82, 2.24) is 10.2 Å². The van der Waals surface area contributed by atoms with Crippen LogP contribution in [0.4, 0.5) is 0 Å². The van der Waals surface area contributed by atoms with Gasteiger partial charge in [-0.3, -0.25) is 19.3 Å². The number of aliphatic hydroxyl groups excluding tert-OH is 1. The number of benzene rings is 1. The molecule has 0 bridgehead atoms. The van der Waals surface area contributed by atoms with Gasteiger partial charge in [0, 0.05) is 18.2 Å². The topological polar surface area (TPSA) is 95.9 Å². The Morgan fingerprint density at radius 2 is 1.85 bits per heavy atom. The van der Waals surface area contributed by atoms with Crippen molar-refractivity contribution in [1.29, 1.82) is 0 Å². The van der Waals surface area contributed by atoms with E-state index < -0.39 is 0 Å². The van der Waals surface area contributed by atoms with Crippen LogP contribution < -0.4 is 5.32 Å². The summed E-state index contributed by atoms with van der Waals surface area (Å²) < 4.78 is 5.09. The SMILES string of the molecule is O=C(NCCOCCO)c1ccc2c(c1)C(=O)N(C1CCCCC1)C2=O. The zero-order valence-corrected chi connectivity index (χ0v) is 14.7. The summed E-state index contributed by atoms with van der Waals surface area (Å²) in [6.45, 7) is 0.760. The number of hydrogen-bond donors (Lipinski definition) is 2. The molecule has 1 heterocycles. The van der Waals surface area contributed by atoms with E-state index in [1.54, 1.807) is 12.1 Å². The van der Waals surface area contributed by atoms with E-state index in [9.17, 15) is 14.4 Å². The van der Waals surface area contributed by atoms with Crippen molar-refractivity contribution < 1.29 is 24.2 Å². The Labute approximate surface area is 152 Å². The fraction of sp³-hybridized carbons (Fsp3) is 0.526. The predicted molar refractivity (Wildman–Crippen MR) is 94.1 cm³/mol. The number of hydrogen-bond acceptors (Lipinski definition) is 5. The molecule has 7 nitrogen and oxygen atoms in total. The fourth-order valence-electron chi connectivity index (χ4n) is 3.58. The largest absolute Gasteiger partial charge is 0.394 e. The summed E-state index contributed by atoms with van der Waals surface area (Å²) in [4.78, 5) is 39.0. The van der Waals surface area contributed by atoms with Crippen molar-refractivity contribution >= 4 is 17.7 Å². The third-order valence-corrected chi connectivity index (χ3v) is 4.89. The lowest BCUT2D eigenvalue weighted by Crippen LogP contribution is -2.40. The molecule has 0 saturated heterocycles. The molecular weight excluding hydrogens is 336 g/mol. The number of imide groups is 1. The number of amides is 3. The molecule has 0 unspecified atom stereocenters. The Bertz CT molecular complexity index is 697. The van der Waals surface area contributed by atoms with Crippen molar-refractivity contribution in [2.45, 2.75) is 38.1 Å². The Kier molecular flexibility index (Phi) is 6.00. The summed E-state index contributed by atoms with van der Waals surface area (Å²) in [5.74, 6) is -0.865. The Balaban J connectivity index is 1.68. The molecule has 140 valence electrons. The molecule has 0 spiro atoms. The Hall–Kier alpha value is -2.25. The van der Waals surface area contributed by atoms with Crippen LogP contribution in [0.3, 0.4) is 0 Å². The standard InChI is InChI=1S/C19H24N2O5/c22-9-11-26-10-8-20-17(23)13-6-7-15-16(12-13)19(25)21(18(15)24)14-4-2-1-3-5-14/h6-7,12,14,22H,1-5,8-11H2,(H,20,23). The molecule has 7 heteroatoms. The molecule has 2 aliphatic rings. The second kappa shape index (κ2) is 8.42. The molecule has 0 atom stereocenters. The number of carbonyl (C=O) groups is 3. The number of aliphatic hydroxyl groups is 1. The Morgan fingerprint density at radius 1 is 1.12 bits per heavy atom. The average molecular weight is 360 g/mol. The quantitative estimate of drug-likeness (QED) is 0.565. The van der Waals surface area contributed by atoms with Gasteiger partial charge in [0.05, 0.1) is 30.9 Å². The van der Waals surface area contributed by atoms with Crippen LogP contribution in [0.15, 0.2) is 18.2 Å². The first-order valence-electron chi connectivity index (χ1n) is 9.12. The van der Waals surface area contributed by atoms with E-state index in [-0.39, 0.29) is 37.0 Å². The summed E-state index contributed by atoms with van der Waals surface area (Å²) in [7, 11) is 0. The molecule has 1 aliphatic carbocycles. The van der Waals surface area contributed by atoms with Crippen LogP contribution >= 0.6 is 0 Å². The van der Waals surface area contributed by atoms with Gasteiger partial charge in [-0.15, -0.1) is 0 Å². The van der Waals surface area contributed by atoms with Gasteiger partial charge in [0.1, 0.15) is 0 Å². The maximum Gasteiger partial charge on any atom is 0.261 e. The highest BCUT2D eigenvalue weighted by Gasteiger charge is 2.40. The van der Waals surface area contributed by atoms with Crippen LogP contribution in [0.5, 0.6) is 0 Å². The first-order valence-corrected chi connectivity index (χ1v) is 9.12. The van der Waals surface area contributed by atoms with E-state index in [1.165, 1.54) is 11.0 Å². The Morgan fingerprint density at radius 3 is 2.58 bits per heavy atom. The summed E-state index contributed by atoms with van der Waals surface area (Å²) in [5.41, 5.74) is 1.03. The molecule has 1 saturated carbocycles. The maximum absolute atomic E-state index is 12.7. The number of carbonyl (C=O) groups excluding carboxylic acids is 3. The van der Waals surface area contributed by atoms with Crippen molar-refractivity contribution in [3.05, 3.63) is 34.9 Å². The van der Waals surface area contributed by atoms with Gasteiger partial charge in [0.2, 0.25) is 0 Å². The predicted octanol–water partition coefficient (Wildman–Crippen LogP) is 1.35. The molecule has 26 heavy (non-hydrogen) atoms. The molecule has 1 aromatic rings. The lowest BCUT2D eigenvalue weighted by Gasteiger charge is -2.29. The van der Waals surface area contributed by atoms with Gasteiger partial charge in [-0.25, -0.2) is 0 Å².